The number of aryl methyl sites for hydroxylation is 1. The number of benzene rings is 1. The lowest BCUT2D eigenvalue weighted by atomic mass is 9.94. The summed E-state index contributed by atoms with van der Waals surface area (Å²) in [5.41, 5.74) is 8.88. The SMILES string of the molecule is NCC1Cc2ccccc2CN1CCCn1ccnc1. The summed E-state index contributed by atoms with van der Waals surface area (Å²) < 4.78 is 2.13. The molecule has 0 saturated heterocycles. The molecule has 0 bridgehead atoms. The van der Waals surface area contributed by atoms with Crippen LogP contribution in [-0.2, 0) is 19.5 Å². The normalized spacial score (nSPS) is 18.9. The molecule has 2 heterocycles. The first-order valence-corrected chi connectivity index (χ1v) is 7.33. The fraction of sp³-hybridized carbons (Fsp3) is 0.438. The van der Waals surface area contributed by atoms with Crippen LogP contribution in [0.25, 0.3) is 0 Å². The van der Waals surface area contributed by atoms with Gasteiger partial charge >= 0.3 is 0 Å². The lowest BCUT2D eigenvalue weighted by Crippen LogP contribution is -2.45. The van der Waals surface area contributed by atoms with E-state index < -0.39 is 0 Å². The van der Waals surface area contributed by atoms with E-state index in [9.17, 15) is 0 Å². The van der Waals surface area contributed by atoms with Gasteiger partial charge in [0.2, 0.25) is 0 Å². The average molecular weight is 270 g/mol. The molecule has 20 heavy (non-hydrogen) atoms. The molecule has 2 N–H and O–H groups in total. The molecule has 1 aliphatic heterocycles. The quantitative estimate of drug-likeness (QED) is 0.899. The molecule has 1 aromatic carbocycles. The standard InChI is InChI=1S/C16H22N4/c17-11-16-10-14-4-1-2-5-15(14)12-20(16)8-3-7-19-9-6-18-13-19/h1-2,4-6,9,13,16H,3,7-8,10-12,17H2. The molecule has 0 spiro atoms. The van der Waals surface area contributed by atoms with Gasteiger partial charge in [-0.2, -0.15) is 0 Å². The molecule has 0 saturated carbocycles. The zero-order chi connectivity index (χ0) is 13.8. The van der Waals surface area contributed by atoms with Crippen molar-refractivity contribution in [1.82, 2.24) is 14.5 Å². The van der Waals surface area contributed by atoms with Crippen molar-refractivity contribution < 1.29 is 0 Å². The topological polar surface area (TPSA) is 47.1 Å². The fourth-order valence-electron chi connectivity index (χ4n) is 3.01. The first-order chi connectivity index (χ1) is 9.86. The number of aromatic nitrogens is 2. The van der Waals surface area contributed by atoms with Crippen LogP contribution in [0.3, 0.4) is 0 Å². The Labute approximate surface area is 120 Å². The van der Waals surface area contributed by atoms with Crippen molar-refractivity contribution >= 4 is 0 Å². The van der Waals surface area contributed by atoms with Crippen LogP contribution < -0.4 is 5.73 Å². The number of nitrogens with zero attached hydrogens (tertiary/aromatic N) is 3. The Kier molecular flexibility index (Phi) is 4.14. The summed E-state index contributed by atoms with van der Waals surface area (Å²) in [6.45, 7) is 3.88. The maximum Gasteiger partial charge on any atom is 0.0945 e. The second-order valence-corrected chi connectivity index (χ2v) is 5.49. The zero-order valence-electron chi connectivity index (χ0n) is 11.8. The third-order valence-electron chi connectivity index (χ3n) is 4.16. The van der Waals surface area contributed by atoms with Crippen LogP contribution in [0.15, 0.2) is 43.0 Å². The number of hydrogen-bond donors (Lipinski definition) is 1. The number of imidazole rings is 1. The first kappa shape index (κ1) is 13.3. The van der Waals surface area contributed by atoms with Gasteiger partial charge in [0.1, 0.15) is 0 Å². The highest BCUT2D eigenvalue weighted by Crippen LogP contribution is 2.22. The maximum absolute atomic E-state index is 5.96. The van der Waals surface area contributed by atoms with E-state index in [2.05, 4.69) is 38.7 Å². The fourth-order valence-corrected chi connectivity index (χ4v) is 3.01. The van der Waals surface area contributed by atoms with E-state index in [1.165, 1.54) is 11.1 Å². The second kappa shape index (κ2) is 6.20. The van der Waals surface area contributed by atoms with Crippen LogP contribution in [-0.4, -0.2) is 33.6 Å². The van der Waals surface area contributed by atoms with Crippen molar-refractivity contribution in [2.75, 3.05) is 13.1 Å². The minimum Gasteiger partial charge on any atom is -0.337 e. The second-order valence-electron chi connectivity index (χ2n) is 5.49. The van der Waals surface area contributed by atoms with E-state index in [0.29, 0.717) is 6.04 Å². The molecule has 4 nitrogen and oxygen atoms in total. The number of fused-ring (bicyclic) bond motifs is 1. The molecular weight excluding hydrogens is 248 g/mol. The molecule has 2 aromatic rings. The Morgan fingerprint density at radius 3 is 2.80 bits per heavy atom. The molecule has 1 unspecified atom stereocenters. The largest absolute Gasteiger partial charge is 0.337 e. The summed E-state index contributed by atoms with van der Waals surface area (Å²) in [4.78, 5) is 6.60. The molecule has 0 aliphatic carbocycles. The van der Waals surface area contributed by atoms with Crippen LogP contribution in [0.4, 0.5) is 0 Å². The Morgan fingerprint density at radius 1 is 1.20 bits per heavy atom. The molecule has 0 amide bonds. The van der Waals surface area contributed by atoms with Crippen molar-refractivity contribution in [2.24, 2.45) is 5.73 Å². The Morgan fingerprint density at radius 2 is 2.05 bits per heavy atom. The number of rotatable bonds is 5. The molecule has 1 aromatic heterocycles. The summed E-state index contributed by atoms with van der Waals surface area (Å²) in [7, 11) is 0. The third kappa shape index (κ3) is 2.92. The van der Waals surface area contributed by atoms with E-state index in [-0.39, 0.29) is 0 Å². The van der Waals surface area contributed by atoms with Gasteiger partial charge in [-0.25, -0.2) is 4.98 Å². The predicted molar refractivity (Wildman–Crippen MR) is 80.2 cm³/mol. The van der Waals surface area contributed by atoms with E-state index >= 15 is 0 Å². The summed E-state index contributed by atoms with van der Waals surface area (Å²) in [5, 5.41) is 0. The Hall–Kier alpha value is -1.65. The van der Waals surface area contributed by atoms with Crippen LogP contribution >= 0.6 is 0 Å². The highest BCUT2D eigenvalue weighted by molar-refractivity contribution is 5.30. The number of nitrogens with two attached hydrogens (primary N) is 1. The third-order valence-corrected chi connectivity index (χ3v) is 4.16. The van der Waals surface area contributed by atoms with Gasteiger partial charge in [0, 0.05) is 44.6 Å². The van der Waals surface area contributed by atoms with Gasteiger partial charge < -0.3 is 10.3 Å². The molecule has 3 rings (SSSR count). The van der Waals surface area contributed by atoms with E-state index in [1.807, 2.05) is 18.7 Å². The highest BCUT2D eigenvalue weighted by atomic mass is 15.2. The highest BCUT2D eigenvalue weighted by Gasteiger charge is 2.24. The van der Waals surface area contributed by atoms with Crippen LogP contribution in [0.2, 0.25) is 0 Å². The molecular formula is C16H22N4. The van der Waals surface area contributed by atoms with Gasteiger partial charge in [0.15, 0.2) is 0 Å². The summed E-state index contributed by atoms with van der Waals surface area (Å²) in [5.74, 6) is 0. The molecule has 4 heteroatoms. The molecule has 0 fully saturated rings. The maximum atomic E-state index is 5.96. The van der Waals surface area contributed by atoms with Gasteiger partial charge in [-0.1, -0.05) is 24.3 Å². The molecule has 0 radical (unpaired) electrons. The lowest BCUT2D eigenvalue weighted by molar-refractivity contribution is 0.171. The average Bonchev–Trinajstić information content (AvgIpc) is 3.00. The lowest BCUT2D eigenvalue weighted by Gasteiger charge is -2.36. The minimum absolute atomic E-state index is 0.479. The van der Waals surface area contributed by atoms with E-state index in [4.69, 9.17) is 5.73 Å². The zero-order valence-corrected chi connectivity index (χ0v) is 11.8. The monoisotopic (exact) mass is 270 g/mol. The van der Waals surface area contributed by atoms with Crippen molar-refractivity contribution in [3.05, 3.63) is 54.1 Å². The van der Waals surface area contributed by atoms with Gasteiger partial charge in [-0.15, -0.1) is 0 Å². The van der Waals surface area contributed by atoms with Gasteiger partial charge in [0.05, 0.1) is 6.33 Å². The van der Waals surface area contributed by atoms with Gasteiger partial charge in [-0.05, 0) is 24.0 Å². The van der Waals surface area contributed by atoms with Crippen molar-refractivity contribution in [3.63, 3.8) is 0 Å². The molecule has 106 valence electrons. The summed E-state index contributed by atoms with van der Waals surface area (Å²) in [6.07, 6.45) is 7.95. The first-order valence-electron chi connectivity index (χ1n) is 7.33. The van der Waals surface area contributed by atoms with Crippen molar-refractivity contribution in [3.8, 4) is 0 Å². The van der Waals surface area contributed by atoms with Crippen LogP contribution in [0.5, 0.6) is 0 Å². The predicted octanol–water partition coefficient (Wildman–Crippen LogP) is 1.66. The van der Waals surface area contributed by atoms with Crippen LogP contribution in [0.1, 0.15) is 17.5 Å². The smallest absolute Gasteiger partial charge is 0.0945 e. The van der Waals surface area contributed by atoms with E-state index in [1.54, 1.807) is 0 Å². The number of hydrogen-bond acceptors (Lipinski definition) is 3. The summed E-state index contributed by atoms with van der Waals surface area (Å²) in [6, 6.07) is 9.21. The van der Waals surface area contributed by atoms with Crippen LogP contribution in [0, 0.1) is 0 Å². The minimum atomic E-state index is 0.479. The summed E-state index contributed by atoms with van der Waals surface area (Å²) >= 11 is 0. The van der Waals surface area contributed by atoms with Gasteiger partial charge in [0.25, 0.3) is 0 Å². The van der Waals surface area contributed by atoms with Gasteiger partial charge in [-0.3, -0.25) is 4.90 Å². The molecule has 1 aliphatic rings. The Balaban J connectivity index is 1.60. The van der Waals surface area contributed by atoms with Crippen molar-refractivity contribution in [2.45, 2.75) is 32.0 Å². The molecule has 1 atom stereocenters. The van der Waals surface area contributed by atoms with Crippen molar-refractivity contribution in [1.29, 1.82) is 0 Å². The Bertz CT molecular complexity index is 535. The van der Waals surface area contributed by atoms with E-state index in [0.717, 1.165) is 39.0 Å².